The first-order valence-corrected chi connectivity index (χ1v) is 15.4. The van der Waals surface area contributed by atoms with E-state index in [2.05, 4.69) is 5.32 Å². The second kappa shape index (κ2) is 13.5. The lowest BCUT2D eigenvalue weighted by molar-refractivity contribution is -0.0907. The molecule has 5 unspecified atom stereocenters. The van der Waals surface area contributed by atoms with Crippen LogP contribution in [0.25, 0.3) is 0 Å². The second-order valence-electron chi connectivity index (χ2n) is 11.5. The van der Waals surface area contributed by atoms with Crippen LogP contribution >= 0.6 is 0 Å². The Morgan fingerprint density at radius 3 is 2.56 bits per heavy atom. The van der Waals surface area contributed by atoms with Crippen molar-refractivity contribution in [2.75, 3.05) is 38.6 Å². The van der Waals surface area contributed by atoms with Crippen molar-refractivity contribution in [3.8, 4) is 0 Å². The van der Waals surface area contributed by atoms with E-state index in [-0.39, 0.29) is 43.2 Å². The number of nitrogens with one attached hydrogen (secondary N) is 1. The molecule has 2 aliphatic rings. The summed E-state index contributed by atoms with van der Waals surface area (Å²) in [5.41, 5.74) is 12.4. The molecule has 2 aliphatic heterocycles. The molecule has 2 fully saturated rings. The van der Waals surface area contributed by atoms with Gasteiger partial charge in [-0.15, -0.1) is 0 Å². The van der Waals surface area contributed by atoms with E-state index in [0.717, 1.165) is 12.0 Å². The fraction of sp³-hybridized carbons (Fsp3) is 0.552. The van der Waals surface area contributed by atoms with Gasteiger partial charge in [0.2, 0.25) is 10.0 Å². The summed E-state index contributed by atoms with van der Waals surface area (Å²) in [6, 6.07) is 14.4. The second-order valence-corrected chi connectivity index (χ2v) is 13.5. The van der Waals surface area contributed by atoms with E-state index in [9.17, 15) is 18.3 Å². The van der Waals surface area contributed by atoms with Gasteiger partial charge in [0.15, 0.2) is 6.29 Å². The number of carbonyl (C=O) groups is 1. The van der Waals surface area contributed by atoms with E-state index < -0.39 is 39.8 Å². The molecule has 226 valence electrons. The number of aliphatic hydroxyl groups excluding tert-OH is 1. The molecular formula is C29H42N4O7S. The minimum Gasteiger partial charge on any atom is -0.443 e. The third-order valence-electron chi connectivity index (χ3n) is 7.64. The Hall–Kier alpha value is -2.74. The summed E-state index contributed by atoms with van der Waals surface area (Å²) in [6.07, 6.45) is -1.24. The molecule has 11 nitrogen and oxygen atoms in total. The van der Waals surface area contributed by atoms with Gasteiger partial charge in [0.25, 0.3) is 0 Å². The van der Waals surface area contributed by atoms with Crippen molar-refractivity contribution in [1.82, 2.24) is 9.62 Å². The minimum absolute atomic E-state index is 0.0384. The van der Waals surface area contributed by atoms with Crippen LogP contribution in [0.5, 0.6) is 0 Å². The van der Waals surface area contributed by atoms with Gasteiger partial charge < -0.3 is 36.1 Å². The Morgan fingerprint density at radius 2 is 1.88 bits per heavy atom. The number of benzene rings is 2. The number of nitrogens with two attached hydrogens (primary N) is 2. The van der Waals surface area contributed by atoms with E-state index in [1.807, 2.05) is 44.2 Å². The standard InChI is InChI=1S/C29H42N4O7S/c1-29(2,13-14-30)19-33(41(36,37)22-10-8-21(31)9-11-22)17-25(34)24(16-20-6-4-3-5-7-20)32-28(35)40-26-18-39-27-23(26)12-15-38-27/h3-11,23-27,34H,12-19,30-31H2,1-2H3,(H,32,35). The van der Waals surface area contributed by atoms with Gasteiger partial charge in [-0.3, -0.25) is 0 Å². The monoisotopic (exact) mass is 590 g/mol. The van der Waals surface area contributed by atoms with Gasteiger partial charge in [-0.2, -0.15) is 4.31 Å². The number of sulfonamides is 1. The average molecular weight is 591 g/mol. The van der Waals surface area contributed by atoms with Crippen molar-refractivity contribution in [3.05, 3.63) is 60.2 Å². The fourth-order valence-electron chi connectivity index (χ4n) is 5.34. The average Bonchev–Trinajstić information content (AvgIpc) is 3.54. The summed E-state index contributed by atoms with van der Waals surface area (Å²) in [4.78, 5) is 13.1. The number of hydrogen-bond donors (Lipinski definition) is 4. The lowest BCUT2D eigenvalue weighted by Gasteiger charge is -2.35. The normalized spacial score (nSPS) is 22.3. The molecule has 2 heterocycles. The number of carbonyl (C=O) groups excluding carboxylic acids is 1. The highest BCUT2D eigenvalue weighted by atomic mass is 32.2. The summed E-state index contributed by atoms with van der Waals surface area (Å²) >= 11 is 0. The molecule has 1 amide bonds. The van der Waals surface area contributed by atoms with Crippen molar-refractivity contribution in [1.29, 1.82) is 0 Å². The van der Waals surface area contributed by atoms with Gasteiger partial charge in [0.1, 0.15) is 6.10 Å². The molecule has 2 aromatic carbocycles. The molecule has 2 aromatic rings. The number of rotatable bonds is 13. The number of fused-ring (bicyclic) bond motifs is 1. The number of nitrogens with zero attached hydrogens (tertiary/aromatic N) is 1. The number of nitrogen functional groups attached to an aromatic ring is 1. The molecule has 0 spiro atoms. The quantitative estimate of drug-likeness (QED) is 0.256. The van der Waals surface area contributed by atoms with E-state index in [0.29, 0.717) is 25.3 Å². The van der Waals surface area contributed by atoms with Crippen LogP contribution in [0, 0.1) is 11.3 Å². The van der Waals surface area contributed by atoms with Crippen LogP contribution in [0.4, 0.5) is 10.5 Å². The first-order valence-electron chi connectivity index (χ1n) is 14.0. The molecule has 0 aromatic heterocycles. The highest BCUT2D eigenvalue weighted by Gasteiger charge is 2.44. The molecule has 0 radical (unpaired) electrons. The van der Waals surface area contributed by atoms with E-state index >= 15 is 0 Å². The van der Waals surface area contributed by atoms with Gasteiger partial charge in [-0.05, 0) is 61.1 Å². The Kier molecular flexibility index (Phi) is 10.3. The first kappa shape index (κ1) is 31.2. The summed E-state index contributed by atoms with van der Waals surface area (Å²) in [7, 11) is -4.03. The van der Waals surface area contributed by atoms with Crippen molar-refractivity contribution < 1.29 is 32.5 Å². The first-order chi connectivity index (χ1) is 19.5. The van der Waals surface area contributed by atoms with Crippen molar-refractivity contribution in [2.24, 2.45) is 17.1 Å². The Labute approximate surface area is 242 Å². The zero-order chi connectivity index (χ0) is 29.6. The van der Waals surface area contributed by atoms with Crippen LogP contribution in [0.15, 0.2) is 59.5 Å². The largest absolute Gasteiger partial charge is 0.443 e. The lowest BCUT2D eigenvalue weighted by atomic mass is 9.89. The zero-order valence-corrected chi connectivity index (χ0v) is 24.5. The summed E-state index contributed by atoms with van der Waals surface area (Å²) in [5, 5.41) is 14.3. The summed E-state index contributed by atoms with van der Waals surface area (Å²) in [6.45, 7) is 4.87. The zero-order valence-electron chi connectivity index (χ0n) is 23.6. The molecule has 0 bridgehead atoms. The summed E-state index contributed by atoms with van der Waals surface area (Å²) < 4.78 is 45.6. The molecular weight excluding hydrogens is 548 g/mol. The summed E-state index contributed by atoms with van der Waals surface area (Å²) in [5.74, 6) is -0.0384. The smallest absolute Gasteiger partial charge is 0.407 e. The van der Waals surface area contributed by atoms with Crippen LogP contribution in [0.2, 0.25) is 0 Å². The third-order valence-corrected chi connectivity index (χ3v) is 9.47. The van der Waals surface area contributed by atoms with Crippen LogP contribution in [0.3, 0.4) is 0 Å². The number of alkyl carbamates (subject to hydrolysis) is 1. The maximum absolute atomic E-state index is 13.8. The molecule has 2 saturated heterocycles. The van der Waals surface area contributed by atoms with Gasteiger partial charge in [0, 0.05) is 18.8 Å². The predicted octanol–water partition coefficient (Wildman–Crippen LogP) is 2.09. The number of anilines is 1. The maximum Gasteiger partial charge on any atom is 0.407 e. The predicted molar refractivity (Wildman–Crippen MR) is 154 cm³/mol. The van der Waals surface area contributed by atoms with Gasteiger partial charge in [0.05, 0.1) is 36.2 Å². The van der Waals surface area contributed by atoms with Crippen LogP contribution in [-0.2, 0) is 30.7 Å². The molecule has 4 rings (SSSR count). The minimum atomic E-state index is -4.03. The van der Waals surface area contributed by atoms with Crippen molar-refractivity contribution >= 4 is 21.8 Å². The van der Waals surface area contributed by atoms with Crippen molar-refractivity contribution in [2.45, 2.75) is 62.5 Å². The van der Waals surface area contributed by atoms with Gasteiger partial charge in [-0.1, -0.05) is 44.2 Å². The Morgan fingerprint density at radius 1 is 1.17 bits per heavy atom. The molecule has 0 saturated carbocycles. The van der Waals surface area contributed by atoms with Crippen LogP contribution in [0.1, 0.15) is 32.3 Å². The molecule has 0 aliphatic carbocycles. The third kappa shape index (κ3) is 8.18. The molecule has 41 heavy (non-hydrogen) atoms. The van der Waals surface area contributed by atoms with Gasteiger partial charge >= 0.3 is 6.09 Å². The molecule has 12 heteroatoms. The van der Waals surface area contributed by atoms with E-state index in [4.69, 9.17) is 25.7 Å². The Bertz CT molecular complexity index is 1240. The van der Waals surface area contributed by atoms with E-state index in [1.54, 1.807) is 0 Å². The van der Waals surface area contributed by atoms with Gasteiger partial charge in [-0.25, -0.2) is 13.2 Å². The fourth-order valence-corrected chi connectivity index (χ4v) is 6.99. The van der Waals surface area contributed by atoms with Crippen LogP contribution < -0.4 is 16.8 Å². The maximum atomic E-state index is 13.8. The highest BCUT2D eigenvalue weighted by molar-refractivity contribution is 7.89. The lowest BCUT2D eigenvalue weighted by Crippen LogP contribution is -2.52. The topological polar surface area (TPSA) is 166 Å². The highest BCUT2D eigenvalue weighted by Crippen LogP contribution is 2.33. The van der Waals surface area contributed by atoms with Crippen molar-refractivity contribution in [3.63, 3.8) is 0 Å². The number of aliphatic hydroxyl groups is 1. The van der Waals surface area contributed by atoms with E-state index in [1.165, 1.54) is 28.6 Å². The molecule has 6 N–H and O–H groups in total. The number of ether oxygens (including phenoxy) is 3. The number of hydrogen-bond acceptors (Lipinski definition) is 9. The van der Waals surface area contributed by atoms with Crippen LogP contribution in [-0.4, -0.2) is 81.3 Å². The Balaban J connectivity index is 1.55. The SMILES string of the molecule is CC(C)(CCN)CN(CC(O)C(Cc1ccccc1)NC(=O)OC1COC2OCCC12)S(=O)(=O)c1ccc(N)cc1. The number of amides is 1. The molecule has 5 atom stereocenters.